The number of hydrogen-bond acceptors (Lipinski definition) is 6. The summed E-state index contributed by atoms with van der Waals surface area (Å²) in [5.41, 5.74) is 0.215. The minimum absolute atomic E-state index is 0.0113. The Morgan fingerprint density at radius 1 is 1.10 bits per heavy atom. The number of benzene rings is 2. The molecule has 9 heteroatoms. The summed E-state index contributed by atoms with van der Waals surface area (Å²) in [6, 6.07) is 13.5. The molecule has 1 aliphatic heterocycles. The average Bonchev–Trinajstić information content (AvgIpc) is 2.97. The third-order valence-electron chi connectivity index (χ3n) is 4.26. The van der Waals surface area contributed by atoms with Gasteiger partial charge in [-0.3, -0.25) is 19.3 Å². The first-order valence-electron chi connectivity index (χ1n) is 8.74. The van der Waals surface area contributed by atoms with E-state index in [2.05, 4.69) is 5.32 Å². The molecule has 3 aromatic rings. The van der Waals surface area contributed by atoms with Crippen LogP contribution in [0.15, 0.2) is 68.7 Å². The number of nitrogens with zero attached hydrogens (tertiary/aromatic N) is 1. The fourth-order valence-corrected chi connectivity index (χ4v) is 3.66. The molecule has 3 amide bonds. The van der Waals surface area contributed by atoms with Gasteiger partial charge in [-0.15, -0.1) is 0 Å². The lowest BCUT2D eigenvalue weighted by Crippen LogP contribution is -2.36. The number of imide groups is 1. The van der Waals surface area contributed by atoms with Gasteiger partial charge in [-0.2, -0.15) is 0 Å². The van der Waals surface area contributed by atoms with E-state index in [9.17, 15) is 23.6 Å². The van der Waals surface area contributed by atoms with Gasteiger partial charge in [0.15, 0.2) is 0 Å². The molecule has 1 aliphatic rings. The number of para-hydroxylation sites is 1. The summed E-state index contributed by atoms with van der Waals surface area (Å²) in [6.07, 6.45) is 1.28. The first kappa shape index (κ1) is 19.6. The minimum Gasteiger partial charge on any atom is -0.422 e. The Kier molecular flexibility index (Phi) is 5.20. The number of halogens is 1. The van der Waals surface area contributed by atoms with E-state index < -0.39 is 35.0 Å². The summed E-state index contributed by atoms with van der Waals surface area (Å²) in [5.74, 6) is -1.76. The number of nitrogens with one attached hydrogen (secondary N) is 1. The van der Waals surface area contributed by atoms with Crippen LogP contribution in [0.3, 0.4) is 0 Å². The molecule has 0 aliphatic carbocycles. The van der Waals surface area contributed by atoms with Crippen molar-refractivity contribution >= 4 is 51.5 Å². The predicted molar refractivity (Wildman–Crippen MR) is 110 cm³/mol. The van der Waals surface area contributed by atoms with E-state index >= 15 is 0 Å². The summed E-state index contributed by atoms with van der Waals surface area (Å²) in [6.45, 7) is -0.508. The van der Waals surface area contributed by atoms with Gasteiger partial charge in [-0.25, -0.2) is 9.18 Å². The van der Waals surface area contributed by atoms with Crippen molar-refractivity contribution in [2.24, 2.45) is 0 Å². The van der Waals surface area contributed by atoms with Gasteiger partial charge < -0.3 is 9.73 Å². The lowest BCUT2D eigenvalue weighted by Gasteiger charge is -2.12. The van der Waals surface area contributed by atoms with E-state index in [-0.39, 0.29) is 10.5 Å². The molecule has 0 unspecified atom stereocenters. The van der Waals surface area contributed by atoms with Crippen LogP contribution in [0.1, 0.15) is 5.56 Å². The van der Waals surface area contributed by atoms with Gasteiger partial charge in [-0.1, -0.05) is 18.2 Å². The average molecular weight is 424 g/mol. The maximum absolute atomic E-state index is 12.9. The van der Waals surface area contributed by atoms with Crippen LogP contribution in [-0.4, -0.2) is 28.5 Å². The van der Waals surface area contributed by atoms with E-state index in [0.717, 1.165) is 4.90 Å². The lowest BCUT2D eigenvalue weighted by atomic mass is 10.2. The highest BCUT2D eigenvalue weighted by Crippen LogP contribution is 2.32. The zero-order valence-electron chi connectivity index (χ0n) is 15.3. The Labute approximate surface area is 173 Å². The molecule has 7 nitrogen and oxygen atoms in total. The van der Waals surface area contributed by atoms with E-state index in [0.29, 0.717) is 28.4 Å². The van der Waals surface area contributed by atoms with Crippen molar-refractivity contribution in [2.45, 2.75) is 0 Å². The van der Waals surface area contributed by atoms with Gasteiger partial charge in [0.05, 0.1) is 10.5 Å². The SMILES string of the molecule is O=C(CN1C(=O)SC(=Cc2cc3ccccc3oc2=O)C1=O)Nc1ccc(F)cc1. The van der Waals surface area contributed by atoms with E-state index in [4.69, 9.17) is 4.42 Å². The first-order chi connectivity index (χ1) is 14.4. The monoisotopic (exact) mass is 424 g/mol. The van der Waals surface area contributed by atoms with Crippen LogP contribution in [0.25, 0.3) is 17.0 Å². The summed E-state index contributed by atoms with van der Waals surface area (Å²) >= 11 is 0.629. The zero-order valence-corrected chi connectivity index (χ0v) is 16.1. The fraction of sp³-hybridized carbons (Fsp3) is 0.0476. The van der Waals surface area contributed by atoms with Gasteiger partial charge in [0, 0.05) is 11.1 Å². The van der Waals surface area contributed by atoms with E-state index in [1.54, 1.807) is 30.3 Å². The molecule has 2 heterocycles. The number of amides is 3. The van der Waals surface area contributed by atoms with Gasteiger partial charge >= 0.3 is 5.63 Å². The van der Waals surface area contributed by atoms with Crippen LogP contribution >= 0.6 is 11.8 Å². The molecule has 30 heavy (non-hydrogen) atoms. The number of hydrogen-bond donors (Lipinski definition) is 1. The molecule has 1 N–H and O–H groups in total. The molecular weight excluding hydrogens is 411 g/mol. The van der Waals surface area contributed by atoms with Crippen LogP contribution in [0.5, 0.6) is 0 Å². The number of thioether (sulfide) groups is 1. The van der Waals surface area contributed by atoms with Crippen LogP contribution in [-0.2, 0) is 9.59 Å². The number of carbonyl (C=O) groups excluding carboxylic acids is 3. The van der Waals surface area contributed by atoms with Crippen molar-refractivity contribution in [3.8, 4) is 0 Å². The molecule has 0 bridgehead atoms. The highest BCUT2D eigenvalue weighted by Gasteiger charge is 2.36. The van der Waals surface area contributed by atoms with Crippen molar-refractivity contribution < 1.29 is 23.2 Å². The highest BCUT2D eigenvalue weighted by atomic mass is 32.2. The Morgan fingerprint density at radius 3 is 2.60 bits per heavy atom. The van der Waals surface area contributed by atoms with Gasteiger partial charge in [0.1, 0.15) is 17.9 Å². The molecule has 0 saturated carbocycles. The summed E-state index contributed by atoms with van der Waals surface area (Å²) < 4.78 is 18.2. The van der Waals surface area contributed by atoms with Crippen LogP contribution in [0.2, 0.25) is 0 Å². The van der Waals surface area contributed by atoms with Gasteiger partial charge in [-0.05, 0) is 54.2 Å². The second-order valence-corrected chi connectivity index (χ2v) is 7.34. The molecule has 4 rings (SSSR count). The first-order valence-corrected chi connectivity index (χ1v) is 9.56. The van der Waals surface area contributed by atoms with Crippen LogP contribution in [0.4, 0.5) is 14.9 Å². The maximum Gasteiger partial charge on any atom is 0.343 e. The Morgan fingerprint density at radius 2 is 1.83 bits per heavy atom. The summed E-state index contributed by atoms with van der Waals surface area (Å²) in [5, 5.41) is 2.52. The third kappa shape index (κ3) is 4.01. The number of carbonyl (C=O) groups is 3. The van der Waals surface area contributed by atoms with Gasteiger partial charge in [0.2, 0.25) is 5.91 Å². The van der Waals surface area contributed by atoms with Crippen molar-refractivity contribution in [1.82, 2.24) is 4.90 Å². The van der Waals surface area contributed by atoms with E-state index in [1.165, 1.54) is 30.3 Å². The number of anilines is 1. The van der Waals surface area contributed by atoms with Crippen LogP contribution in [0, 0.1) is 5.82 Å². The Balaban J connectivity index is 1.52. The largest absolute Gasteiger partial charge is 0.422 e. The summed E-state index contributed by atoms with van der Waals surface area (Å²) in [4.78, 5) is 49.9. The molecule has 0 radical (unpaired) electrons. The summed E-state index contributed by atoms with van der Waals surface area (Å²) in [7, 11) is 0. The van der Waals surface area contributed by atoms with Crippen molar-refractivity contribution in [1.29, 1.82) is 0 Å². The van der Waals surface area contributed by atoms with Crippen molar-refractivity contribution in [3.05, 3.63) is 81.3 Å². The van der Waals surface area contributed by atoms with Gasteiger partial charge in [0.25, 0.3) is 11.1 Å². The molecule has 1 saturated heterocycles. The van der Waals surface area contributed by atoms with Crippen LogP contribution < -0.4 is 10.9 Å². The normalized spacial score (nSPS) is 15.2. The molecule has 0 spiro atoms. The molecule has 150 valence electrons. The van der Waals surface area contributed by atoms with Crippen molar-refractivity contribution in [3.63, 3.8) is 0 Å². The quantitative estimate of drug-likeness (QED) is 0.508. The third-order valence-corrected chi connectivity index (χ3v) is 5.17. The van der Waals surface area contributed by atoms with E-state index in [1.807, 2.05) is 0 Å². The Hall–Kier alpha value is -3.72. The Bertz CT molecular complexity index is 1270. The molecule has 2 aromatic carbocycles. The number of rotatable bonds is 4. The standard InChI is InChI=1S/C21H13FN2O5S/c22-14-5-7-15(8-6-14)23-18(25)11-24-19(26)17(30-21(24)28)10-13-9-12-3-1-2-4-16(12)29-20(13)27/h1-10H,11H2,(H,23,25). The second kappa shape index (κ2) is 7.96. The second-order valence-electron chi connectivity index (χ2n) is 6.35. The molecule has 1 aromatic heterocycles. The molecule has 0 atom stereocenters. The highest BCUT2D eigenvalue weighted by molar-refractivity contribution is 8.18. The fourth-order valence-electron chi connectivity index (χ4n) is 2.83. The minimum atomic E-state index is -0.688. The van der Waals surface area contributed by atoms with Crippen molar-refractivity contribution in [2.75, 3.05) is 11.9 Å². The number of fused-ring (bicyclic) bond motifs is 1. The molecular formula is C21H13FN2O5S. The predicted octanol–water partition coefficient (Wildman–Crippen LogP) is 3.61. The smallest absolute Gasteiger partial charge is 0.343 e. The maximum atomic E-state index is 12.9. The molecule has 1 fully saturated rings. The topological polar surface area (TPSA) is 96.7 Å². The lowest BCUT2D eigenvalue weighted by molar-refractivity contribution is -0.127. The zero-order chi connectivity index (χ0) is 21.3.